The zero-order chi connectivity index (χ0) is 17.5. The minimum atomic E-state index is -0.145. The quantitative estimate of drug-likeness (QED) is 0.860. The van der Waals surface area contributed by atoms with E-state index in [1.54, 1.807) is 29.2 Å². The molecular formula is C19H21ClN2O2. The van der Waals surface area contributed by atoms with E-state index < -0.39 is 0 Å². The summed E-state index contributed by atoms with van der Waals surface area (Å²) in [5.74, 6) is -0.192. The van der Waals surface area contributed by atoms with Crippen molar-refractivity contribution in [1.29, 1.82) is 0 Å². The molecule has 0 aromatic heterocycles. The van der Waals surface area contributed by atoms with Gasteiger partial charge in [-0.1, -0.05) is 41.9 Å². The third-order valence-electron chi connectivity index (χ3n) is 3.78. The van der Waals surface area contributed by atoms with Crippen molar-refractivity contribution in [3.63, 3.8) is 0 Å². The van der Waals surface area contributed by atoms with E-state index in [1.807, 2.05) is 31.2 Å². The van der Waals surface area contributed by atoms with Crippen LogP contribution in [0.1, 0.15) is 24.5 Å². The Morgan fingerprint density at radius 3 is 2.54 bits per heavy atom. The molecule has 0 aliphatic rings. The van der Waals surface area contributed by atoms with Crippen LogP contribution in [0.25, 0.3) is 0 Å². The summed E-state index contributed by atoms with van der Waals surface area (Å²) < 4.78 is 0. The van der Waals surface area contributed by atoms with Crippen molar-refractivity contribution < 1.29 is 9.59 Å². The zero-order valence-corrected chi connectivity index (χ0v) is 14.6. The first-order chi connectivity index (χ1) is 11.5. The molecule has 4 nitrogen and oxygen atoms in total. The fourth-order valence-electron chi connectivity index (χ4n) is 2.37. The van der Waals surface area contributed by atoms with Crippen molar-refractivity contribution >= 4 is 29.1 Å². The predicted octanol–water partition coefficient (Wildman–Crippen LogP) is 4.03. The van der Waals surface area contributed by atoms with Crippen molar-refractivity contribution in [2.45, 2.75) is 26.8 Å². The van der Waals surface area contributed by atoms with Gasteiger partial charge in [0.1, 0.15) is 0 Å². The lowest BCUT2D eigenvalue weighted by Crippen LogP contribution is -2.31. The third kappa shape index (κ3) is 5.39. The molecule has 0 aliphatic carbocycles. The van der Waals surface area contributed by atoms with E-state index in [-0.39, 0.29) is 18.2 Å². The molecule has 1 N–H and O–H groups in total. The highest BCUT2D eigenvalue weighted by Gasteiger charge is 2.13. The molecule has 0 spiro atoms. The Morgan fingerprint density at radius 2 is 1.88 bits per heavy atom. The smallest absolute Gasteiger partial charge is 0.226 e. The monoisotopic (exact) mass is 344 g/mol. The first-order valence-corrected chi connectivity index (χ1v) is 8.19. The van der Waals surface area contributed by atoms with E-state index in [0.29, 0.717) is 23.8 Å². The lowest BCUT2D eigenvalue weighted by atomic mass is 10.1. The SMILES string of the molecule is CC(=O)N(CCC(=O)Nc1cccc(Cl)c1)Cc1ccccc1C. The minimum Gasteiger partial charge on any atom is -0.338 e. The molecule has 24 heavy (non-hydrogen) atoms. The first kappa shape index (κ1) is 18.0. The number of anilines is 1. The molecule has 126 valence electrons. The van der Waals surface area contributed by atoms with Gasteiger partial charge in [-0.25, -0.2) is 0 Å². The fourth-order valence-corrected chi connectivity index (χ4v) is 2.56. The second-order valence-corrected chi connectivity index (χ2v) is 6.11. The van der Waals surface area contributed by atoms with E-state index in [4.69, 9.17) is 11.6 Å². The summed E-state index contributed by atoms with van der Waals surface area (Å²) in [6.45, 7) is 4.41. The second kappa shape index (κ2) is 8.50. The van der Waals surface area contributed by atoms with Gasteiger partial charge >= 0.3 is 0 Å². The molecule has 5 heteroatoms. The Hall–Kier alpha value is -2.33. The van der Waals surface area contributed by atoms with Crippen LogP contribution in [0.4, 0.5) is 5.69 Å². The average Bonchev–Trinajstić information content (AvgIpc) is 2.52. The van der Waals surface area contributed by atoms with Crippen LogP contribution in [-0.2, 0) is 16.1 Å². The van der Waals surface area contributed by atoms with Gasteiger partial charge in [-0.15, -0.1) is 0 Å². The summed E-state index contributed by atoms with van der Waals surface area (Å²) in [7, 11) is 0. The Morgan fingerprint density at radius 1 is 1.12 bits per heavy atom. The molecule has 0 saturated heterocycles. The van der Waals surface area contributed by atoms with Crippen LogP contribution in [0.15, 0.2) is 48.5 Å². The van der Waals surface area contributed by atoms with Gasteiger partial charge < -0.3 is 10.2 Å². The van der Waals surface area contributed by atoms with Crippen LogP contribution in [-0.4, -0.2) is 23.3 Å². The molecule has 2 aromatic carbocycles. The van der Waals surface area contributed by atoms with Crippen LogP contribution >= 0.6 is 11.6 Å². The number of amides is 2. The number of nitrogens with zero attached hydrogens (tertiary/aromatic N) is 1. The molecular weight excluding hydrogens is 324 g/mol. The number of halogens is 1. The number of rotatable bonds is 6. The summed E-state index contributed by atoms with van der Waals surface area (Å²) >= 11 is 5.90. The summed E-state index contributed by atoms with van der Waals surface area (Å²) in [5, 5.41) is 3.36. The summed E-state index contributed by atoms with van der Waals surface area (Å²) in [4.78, 5) is 25.6. The maximum Gasteiger partial charge on any atom is 0.226 e. The second-order valence-electron chi connectivity index (χ2n) is 5.68. The summed E-state index contributed by atoms with van der Waals surface area (Å²) in [6, 6.07) is 14.9. The van der Waals surface area contributed by atoms with Crippen molar-refractivity contribution in [1.82, 2.24) is 4.90 Å². The van der Waals surface area contributed by atoms with Gasteiger partial charge in [0.25, 0.3) is 0 Å². The standard InChI is InChI=1S/C19H21ClN2O2/c1-14-6-3-4-7-16(14)13-22(15(2)23)11-10-19(24)21-18-9-5-8-17(20)12-18/h3-9,12H,10-11,13H2,1-2H3,(H,21,24). The maximum atomic E-state index is 12.1. The number of carbonyl (C=O) groups is 2. The topological polar surface area (TPSA) is 49.4 Å². The number of hydrogen-bond acceptors (Lipinski definition) is 2. The molecule has 0 atom stereocenters. The maximum absolute atomic E-state index is 12.1. The third-order valence-corrected chi connectivity index (χ3v) is 4.02. The average molecular weight is 345 g/mol. The highest BCUT2D eigenvalue weighted by Crippen LogP contribution is 2.15. The number of nitrogens with one attached hydrogen (secondary N) is 1. The van der Waals surface area contributed by atoms with Crippen molar-refractivity contribution in [2.24, 2.45) is 0 Å². The Balaban J connectivity index is 1.92. The molecule has 0 saturated carbocycles. The van der Waals surface area contributed by atoms with Crippen molar-refractivity contribution in [3.05, 3.63) is 64.7 Å². The largest absolute Gasteiger partial charge is 0.338 e. The Kier molecular flexibility index (Phi) is 6.38. The Bertz CT molecular complexity index is 731. The molecule has 2 amide bonds. The van der Waals surface area contributed by atoms with Gasteiger partial charge in [0.2, 0.25) is 11.8 Å². The van der Waals surface area contributed by atoms with Gasteiger partial charge in [0, 0.05) is 37.1 Å². The zero-order valence-electron chi connectivity index (χ0n) is 13.9. The van der Waals surface area contributed by atoms with Crippen LogP contribution in [0, 0.1) is 6.92 Å². The molecule has 0 bridgehead atoms. The molecule has 0 heterocycles. The fraction of sp³-hybridized carbons (Fsp3) is 0.263. The van der Waals surface area contributed by atoms with E-state index in [0.717, 1.165) is 11.1 Å². The van der Waals surface area contributed by atoms with Gasteiger partial charge in [0.05, 0.1) is 0 Å². The lowest BCUT2D eigenvalue weighted by molar-refractivity contribution is -0.129. The lowest BCUT2D eigenvalue weighted by Gasteiger charge is -2.22. The normalized spacial score (nSPS) is 10.3. The van der Waals surface area contributed by atoms with E-state index >= 15 is 0 Å². The molecule has 2 rings (SSSR count). The number of aryl methyl sites for hydroxylation is 1. The number of hydrogen-bond donors (Lipinski definition) is 1. The molecule has 2 aromatic rings. The highest BCUT2D eigenvalue weighted by molar-refractivity contribution is 6.30. The van der Waals surface area contributed by atoms with Crippen LogP contribution in [0.3, 0.4) is 0 Å². The molecule has 0 unspecified atom stereocenters. The van der Waals surface area contributed by atoms with Crippen LogP contribution in [0.5, 0.6) is 0 Å². The van der Waals surface area contributed by atoms with E-state index in [2.05, 4.69) is 5.32 Å². The molecule has 0 radical (unpaired) electrons. The van der Waals surface area contributed by atoms with Crippen molar-refractivity contribution in [2.75, 3.05) is 11.9 Å². The van der Waals surface area contributed by atoms with E-state index in [9.17, 15) is 9.59 Å². The van der Waals surface area contributed by atoms with Crippen molar-refractivity contribution in [3.8, 4) is 0 Å². The van der Waals surface area contributed by atoms with Gasteiger partial charge in [-0.2, -0.15) is 0 Å². The predicted molar refractivity (Wildman–Crippen MR) is 97.0 cm³/mol. The minimum absolute atomic E-state index is 0.0474. The first-order valence-electron chi connectivity index (χ1n) is 7.81. The van der Waals surface area contributed by atoms with Crippen LogP contribution in [0.2, 0.25) is 5.02 Å². The number of carbonyl (C=O) groups excluding carboxylic acids is 2. The number of benzene rings is 2. The molecule has 0 fully saturated rings. The Labute approximate surface area is 147 Å². The van der Waals surface area contributed by atoms with Gasteiger partial charge in [0.15, 0.2) is 0 Å². The van der Waals surface area contributed by atoms with Crippen LogP contribution < -0.4 is 5.32 Å². The van der Waals surface area contributed by atoms with E-state index in [1.165, 1.54) is 6.92 Å². The highest BCUT2D eigenvalue weighted by atomic mass is 35.5. The van der Waals surface area contributed by atoms with Gasteiger partial charge in [-0.05, 0) is 36.2 Å². The summed E-state index contributed by atoms with van der Waals surface area (Å²) in [5.41, 5.74) is 2.87. The molecule has 0 aliphatic heterocycles. The summed E-state index contributed by atoms with van der Waals surface area (Å²) in [6.07, 6.45) is 0.234. The van der Waals surface area contributed by atoms with Gasteiger partial charge in [-0.3, -0.25) is 9.59 Å².